The molecule has 1 aliphatic rings. The van der Waals surface area contributed by atoms with Gasteiger partial charge in [-0.15, -0.1) is 0 Å². The van der Waals surface area contributed by atoms with Gasteiger partial charge in [-0.25, -0.2) is 0 Å². The Kier molecular flexibility index (Phi) is 8.86. The van der Waals surface area contributed by atoms with Gasteiger partial charge in [0, 0.05) is 11.3 Å². The summed E-state index contributed by atoms with van der Waals surface area (Å²) in [5.41, 5.74) is 3.74. The van der Waals surface area contributed by atoms with Crippen molar-refractivity contribution < 1.29 is 23.9 Å². The van der Waals surface area contributed by atoms with Gasteiger partial charge in [0.15, 0.2) is 11.5 Å². The number of unbranched alkanes of at least 4 members (excludes halogenated alkanes) is 1. The summed E-state index contributed by atoms with van der Waals surface area (Å²) in [6.45, 7) is 4.78. The van der Waals surface area contributed by atoms with Gasteiger partial charge >= 0.3 is 0 Å². The van der Waals surface area contributed by atoms with Gasteiger partial charge in [0.1, 0.15) is 0 Å². The van der Waals surface area contributed by atoms with Crippen LogP contribution >= 0.6 is 11.8 Å². The second-order valence-corrected chi connectivity index (χ2v) is 9.89. The van der Waals surface area contributed by atoms with Crippen LogP contribution in [0.25, 0.3) is 6.08 Å². The summed E-state index contributed by atoms with van der Waals surface area (Å²) in [6.07, 6.45) is 3.66. The number of methoxy groups -OCH3 is 1. The molecule has 1 fully saturated rings. The summed E-state index contributed by atoms with van der Waals surface area (Å²) < 4.78 is 11.2. The first-order valence-electron chi connectivity index (χ1n) is 12.4. The fraction of sp³-hybridized carbons (Fsp3) is 0.233. The molecule has 0 spiro atoms. The highest BCUT2D eigenvalue weighted by molar-refractivity contribution is 8.18. The highest BCUT2D eigenvalue weighted by atomic mass is 32.2. The molecule has 8 heteroatoms. The van der Waals surface area contributed by atoms with Gasteiger partial charge in [-0.2, -0.15) is 0 Å². The number of aryl methyl sites for hydroxylation is 1. The minimum Gasteiger partial charge on any atom is -0.493 e. The molecule has 0 bridgehead atoms. The van der Waals surface area contributed by atoms with Crippen LogP contribution < -0.4 is 14.8 Å². The van der Waals surface area contributed by atoms with Crippen LogP contribution in [0.5, 0.6) is 11.5 Å². The molecule has 3 aromatic rings. The average molecular weight is 531 g/mol. The Labute approximate surface area is 226 Å². The predicted octanol–water partition coefficient (Wildman–Crippen LogP) is 6.67. The first kappa shape index (κ1) is 27.0. The zero-order valence-corrected chi connectivity index (χ0v) is 22.5. The predicted molar refractivity (Wildman–Crippen MR) is 150 cm³/mol. The summed E-state index contributed by atoms with van der Waals surface area (Å²) >= 11 is 0.903. The molecular formula is C30H30N2O5S. The van der Waals surface area contributed by atoms with Crippen LogP contribution in [0.3, 0.4) is 0 Å². The number of nitrogens with one attached hydrogen (secondary N) is 1. The van der Waals surface area contributed by atoms with Crippen LogP contribution in [0, 0.1) is 6.92 Å². The molecule has 4 rings (SSSR count). The van der Waals surface area contributed by atoms with Crippen LogP contribution in [-0.2, 0) is 11.3 Å². The number of ether oxygens (including phenoxy) is 2. The molecule has 0 aliphatic carbocycles. The second-order valence-electron chi connectivity index (χ2n) is 8.90. The number of carbonyl (C=O) groups is 3. The van der Waals surface area contributed by atoms with Crippen molar-refractivity contribution in [1.82, 2.24) is 4.90 Å². The number of imide groups is 1. The molecule has 0 radical (unpaired) electrons. The van der Waals surface area contributed by atoms with Gasteiger partial charge in [0.2, 0.25) is 0 Å². The number of benzene rings is 3. The number of anilines is 1. The van der Waals surface area contributed by atoms with E-state index in [0.717, 1.165) is 47.0 Å². The Morgan fingerprint density at radius 1 is 1.03 bits per heavy atom. The van der Waals surface area contributed by atoms with E-state index in [2.05, 4.69) is 12.2 Å². The number of carbonyl (C=O) groups excluding carboxylic acids is 3. The van der Waals surface area contributed by atoms with Crippen molar-refractivity contribution >= 4 is 40.6 Å². The molecule has 1 aliphatic heterocycles. The maximum atomic E-state index is 13.0. The highest BCUT2D eigenvalue weighted by Gasteiger charge is 2.35. The minimum absolute atomic E-state index is 0.120. The zero-order chi connectivity index (χ0) is 27.1. The van der Waals surface area contributed by atoms with Crippen molar-refractivity contribution in [3.05, 3.63) is 93.9 Å². The molecule has 196 valence electrons. The van der Waals surface area contributed by atoms with Crippen molar-refractivity contribution in [3.63, 3.8) is 0 Å². The smallest absolute Gasteiger partial charge is 0.293 e. The highest BCUT2D eigenvalue weighted by Crippen LogP contribution is 2.35. The first-order chi connectivity index (χ1) is 18.4. The fourth-order valence-electron chi connectivity index (χ4n) is 3.88. The van der Waals surface area contributed by atoms with Crippen LogP contribution in [0.15, 0.2) is 71.6 Å². The van der Waals surface area contributed by atoms with Crippen LogP contribution in [0.4, 0.5) is 10.5 Å². The number of hydrogen-bond acceptors (Lipinski definition) is 6. The van der Waals surface area contributed by atoms with E-state index >= 15 is 0 Å². The molecule has 0 aromatic heterocycles. The van der Waals surface area contributed by atoms with Gasteiger partial charge in [-0.3, -0.25) is 19.3 Å². The Morgan fingerprint density at radius 2 is 1.82 bits per heavy atom. The Bertz CT molecular complexity index is 1370. The first-order valence-corrected chi connectivity index (χ1v) is 13.2. The molecule has 0 unspecified atom stereocenters. The topological polar surface area (TPSA) is 84.9 Å². The third kappa shape index (κ3) is 6.63. The van der Waals surface area contributed by atoms with Gasteiger partial charge in [0.05, 0.1) is 25.2 Å². The van der Waals surface area contributed by atoms with E-state index in [9.17, 15) is 14.4 Å². The van der Waals surface area contributed by atoms with Crippen LogP contribution in [-0.4, -0.2) is 35.7 Å². The summed E-state index contributed by atoms with van der Waals surface area (Å²) in [5.74, 6) is 0.625. The molecule has 0 atom stereocenters. The van der Waals surface area contributed by atoms with E-state index in [0.29, 0.717) is 28.6 Å². The monoisotopic (exact) mass is 530 g/mol. The lowest BCUT2D eigenvalue weighted by molar-refractivity contribution is -0.123. The van der Waals surface area contributed by atoms with Crippen molar-refractivity contribution in [1.29, 1.82) is 0 Å². The average Bonchev–Trinajstić information content (AvgIpc) is 3.17. The van der Waals surface area contributed by atoms with Gasteiger partial charge in [-0.1, -0.05) is 43.7 Å². The quantitative estimate of drug-likeness (QED) is 0.233. The lowest BCUT2D eigenvalue weighted by Crippen LogP contribution is -2.27. The van der Waals surface area contributed by atoms with Crippen LogP contribution in [0.1, 0.15) is 46.8 Å². The van der Waals surface area contributed by atoms with E-state index in [-0.39, 0.29) is 23.6 Å². The van der Waals surface area contributed by atoms with E-state index in [1.165, 1.54) is 4.90 Å². The maximum Gasteiger partial charge on any atom is 0.293 e. The molecule has 0 saturated carbocycles. The summed E-state index contributed by atoms with van der Waals surface area (Å²) in [6, 6.07) is 19.9. The van der Waals surface area contributed by atoms with E-state index in [4.69, 9.17) is 9.47 Å². The molecule has 1 saturated heterocycles. The van der Waals surface area contributed by atoms with Crippen LogP contribution in [0.2, 0.25) is 0 Å². The van der Waals surface area contributed by atoms with E-state index < -0.39 is 0 Å². The number of nitrogens with zero attached hydrogens (tertiary/aromatic N) is 1. The van der Waals surface area contributed by atoms with Gasteiger partial charge < -0.3 is 14.8 Å². The Hall–Kier alpha value is -4.04. The number of rotatable bonds is 10. The van der Waals surface area contributed by atoms with Gasteiger partial charge in [-0.05, 0) is 84.3 Å². The Morgan fingerprint density at radius 3 is 2.53 bits per heavy atom. The molecule has 7 nitrogen and oxygen atoms in total. The second kappa shape index (κ2) is 12.5. The number of hydrogen-bond donors (Lipinski definition) is 1. The van der Waals surface area contributed by atoms with Crippen molar-refractivity contribution in [3.8, 4) is 11.5 Å². The largest absolute Gasteiger partial charge is 0.493 e. The molecule has 1 N–H and O–H groups in total. The maximum absolute atomic E-state index is 13.0. The SMILES string of the molecule is CCCCOc1ccc(/C=C2\SC(=O)N(Cc3ccc(C(=O)Nc4cccc(C)c4)cc3)C2=O)cc1OC. The normalized spacial score (nSPS) is 14.2. The minimum atomic E-state index is -0.358. The summed E-state index contributed by atoms with van der Waals surface area (Å²) in [7, 11) is 1.57. The zero-order valence-electron chi connectivity index (χ0n) is 21.7. The third-order valence-corrected chi connectivity index (χ3v) is 6.85. The summed E-state index contributed by atoms with van der Waals surface area (Å²) in [5, 5.41) is 2.53. The van der Waals surface area contributed by atoms with E-state index in [1.54, 1.807) is 49.6 Å². The number of amides is 3. The van der Waals surface area contributed by atoms with Crippen molar-refractivity contribution in [2.24, 2.45) is 0 Å². The third-order valence-electron chi connectivity index (χ3n) is 5.95. The van der Waals surface area contributed by atoms with Crippen molar-refractivity contribution in [2.45, 2.75) is 33.2 Å². The summed E-state index contributed by atoms with van der Waals surface area (Å²) in [4.78, 5) is 39.8. The standard InChI is InChI=1S/C30H30N2O5S/c1-4-5-15-37-25-14-11-22(17-26(25)36-3)18-27-29(34)32(30(35)38-27)19-21-9-12-23(13-10-21)28(33)31-24-8-6-7-20(2)16-24/h6-14,16-18H,4-5,15,19H2,1-3H3,(H,31,33)/b27-18-. The van der Waals surface area contributed by atoms with Gasteiger partial charge in [0.25, 0.3) is 17.1 Å². The molecule has 3 aromatic carbocycles. The number of thioether (sulfide) groups is 1. The molecule has 3 amide bonds. The lowest BCUT2D eigenvalue weighted by atomic mass is 10.1. The van der Waals surface area contributed by atoms with E-state index in [1.807, 2.05) is 37.3 Å². The molecular weight excluding hydrogens is 500 g/mol. The Balaban J connectivity index is 1.41. The fourth-order valence-corrected chi connectivity index (χ4v) is 4.72. The lowest BCUT2D eigenvalue weighted by Gasteiger charge is -2.13. The molecule has 1 heterocycles. The molecule has 38 heavy (non-hydrogen) atoms. The van der Waals surface area contributed by atoms with Crippen molar-refractivity contribution in [2.75, 3.05) is 19.0 Å².